The second-order valence-electron chi connectivity index (χ2n) is 11.3. The molecule has 1 aliphatic carbocycles. The van der Waals surface area contributed by atoms with Crippen LogP contribution in [0.4, 0.5) is 0 Å². The van der Waals surface area contributed by atoms with Crippen LogP contribution in [0.1, 0.15) is 129 Å². The molecule has 1 heterocycles. The van der Waals surface area contributed by atoms with Gasteiger partial charge in [0, 0.05) is 5.56 Å². The Labute approximate surface area is 222 Å². The summed E-state index contributed by atoms with van der Waals surface area (Å²) in [6.07, 6.45) is 26.6. The van der Waals surface area contributed by atoms with E-state index in [9.17, 15) is 0 Å². The van der Waals surface area contributed by atoms with Crippen LogP contribution in [0.15, 0.2) is 42.6 Å². The summed E-state index contributed by atoms with van der Waals surface area (Å²) >= 11 is 0. The third kappa shape index (κ3) is 11.1. The van der Waals surface area contributed by atoms with Gasteiger partial charge in [-0.25, -0.2) is 0 Å². The summed E-state index contributed by atoms with van der Waals surface area (Å²) in [6, 6.07) is 13.3. The summed E-state index contributed by atoms with van der Waals surface area (Å²) in [5.41, 5.74) is 3.69. The maximum atomic E-state index is 5.89. The number of nitrogens with zero attached hydrogens (tertiary/aromatic N) is 1. The van der Waals surface area contributed by atoms with Crippen LogP contribution in [0.2, 0.25) is 0 Å². The Kier molecular flexibility index (Phi) is 14.0. The van der Waals surface area contributed by atoms with Gasteiger partial charge in [-0.3, -0.25) is 4.98 Å². The van der Waals surface area contributed by atoms with Crippen molar-refractivity contribution in [1.29, 1.82) is 0 Å². The molecular weight excluding hydrogens is 438 g/mol. The minimum Gasteiger partial charge on any atom is -0.492 e. The van der Waals surface area contributed by atoms with Gasteiger partial charge in [0.2, 0.25) is 0 Å². The normalized spacial score (nSPS) is 17.8. The van der Waals surface area contributed by atoms with Gasteiger partial charge in [-0.2, -0.15) is 0 Å². The predicted octanol–water partition coefficient (Wildman–Crippen LogP) is 10.6. The van der Waals surface area contributed by atoms with E-state index in [0.717, 1.165) is 36.3 Å². The molecule has 2 nitrogen and oxygen atoms in total. The Morgan fingerprint density at radius 1 is 0.667 bits per heavy atom. The van der Waals surface area contributed by atoms with Crippen molar-refractivity contribution in [3.05, 3.63) is 48.2 Å². The molecule has 0 unspecified atom stereocenters. The Bertz CT molecular complexity index is 789. The number of pyridine rings is 1. The zero-order valence-electron chi connectivity index (χ0n) is 23.5. The number of hydrogen-bond donors (Lipinski definition) is 0. The fourth-order valence-electron chi connectivity index (χ4n) is 5.77. The molecule has 0 aliphatic heterocycles. The Balaban J connectivity index is 1.31. The number of ether oxygens (including phenoxy) is 1. The van der Waals surface area contributed by atoms with Gasteiger partial charge in [0.15, 0.2) is 0 Å². The van der Waals surface area contributed by atoms with Crippen LogP contribution in [0.3, 0.4) is 0 Å². The van der Waals surface area contributed by atoms with Crippen LogP contribution in [-0.2, 0) is 6.42 Å². The summed E-state index contributed by atoms with van der Waals surface area (Å²) in [6.45, 7) is 5.36. The molecule has 2 heteroatoms. The summed E-state index contributed by atoms with van der Waals surface area (Å²) in [5.74, 6) is 2.84. The number of aryl methyl sites for hydroxylation is 1. The SMILES string of the molecule is CCCCCCCCOc1ccc(-c2ccc(CCC3CCC(CCCCCCC)CC3)cc2)nc1. The van der Waals surface area contributed by atoms with Gasteiger partial charge in [0.1, 0.15) is 5.75 Å². The van der Waals surface area contributed by atoms with Crippen LogP contribution in [0.25, 0.3) is 11.3 Å². The van der Waals surface area contributed by atoms with E-state index in [0.29, 0.717) is 0 Å². The van der Waals surface area contributed by atoms with Gasteiger partial charge in [0.05, 0.1) is 18.5 Å². The van der Waals surface area contributed by atoms with Crippen molar-refractivity contribution in [3.8, 4) is 17.0 Å². The highest BCUT2D eigenvalue weighted by Gasteiger charge is 2.20. The summed E-state index contributed by atoms with van der Waals surface area (Å²) < 4.78 is 5.89. The number of hydrogen-bond acceptors (Lipinski definition) is 2. The maximum Gasteiger partial charge on any atom is 0.137 e. The molecule has 1 saturated carbocycles. The van der Waals surface area contributed by atoms with Gasteiger partial charge >= 0.3 is 0 Å². The van der Waals surface area contributed by atoms with Crippen LogP contribution in [-0.4, -0.2) is 11.6 Å². The minimum atomic E-state index is 0.794. The third-order valence-electron chi connectivity index (χ3n) is 8.28. The lowest BCUT2D eigenvalue weighted by Crippen LogP contribution is -2.15. The lowest BCUT2D eigenvalue weighted by atomic mass is 9.77. The highest BCUT2D eigenvalue weighted by Crippen LogP contribution is 2.34. The molecule has 0 atom stereocenters. The summed E-state index contributed by atoms with van der Waals surface area (Å²) in [4.78, 5) is 4.66. The molecule has 1 aliphatic rings. The largest absolute Gasteiger partial charge is 0.492 e. The maximum absolute atomic E-state index is 5.89. The predicted molar refractivity (Wildman–Crippen MR) is 156 cm³/mol. The van der Waals surface area contributed by atoms with E-state index in [-0.39, 0.29) is 0 Å². The van der Waals surface area contributed by atoms with Crippen molar-refractivity contribution in [1.82, 2.24) is 4.98 Å². The van der Waals surface area contributed by atoms with Gasteiger partial charge in [0.25, 0.3) is 0 Å². The lowest BCUT2D eigenvalue weighted by molar-refractivity contribution is 0.248. The highest BCUT2D eigenvalue weighted by atomic mass is 16.5. The smallest absolute Gasteiger partial charge is 0.137 e. The van der Waals surface area contributed by atoms with Crippen molar-refractivity contribution in [2.24, 2.45) is 11.8 Å². The topological polar surface area (TPSA) is 22.1 Å². The Morgan fingerprint density at radius 3 is 1.92 bits per heavy atom. The molecule has 0 saturated heterocycles. The molecule has 2 aromatic rings. The minimum absolute atomic E-state index is 0.794. The Morgan fingerprint density at radius 2 is 1.28 bits per heavy atom. The number of unbranched alkanes of at least 4 members (excludes halogenated alkanes) is 9. The molecule has 0 radical (unpaired) electrons. The molecule has 1 aromatic heterocycles. The monoisotopic (exact) mass is 491 g/mol. The van der Waals surface area contributed by atoms with E-state index < -0.39 is 0 Å². The molecule has 0 spiro atoms. The van der Waals surface area contributed by atoms with Crippen LogP contribution >= 0.6 is 0 Å². The zero-order valence-corrected chi connectivity index (χ0v) is 23.5. The molecule has 3 rings (SSSR count). The van der Waals surface area contributed by atoms with E-state index in [1.165, 1.54) is 120 Å². The van der Waals surface area contributed by atoms with Crippen molar-refractivity contribution >= 4 is 0 Å². The lowest BCUT2D eigenvalue weighted by Gasteiger charge is -2.28. The average molecular weight is 492 g/mol. The van der Waals surface area contributed by atoms with Crippen molar-refractivity contribution in [2.75, 3.05) is 6.61 Å². The molecule has 200 valence electrons. The number of rotatable bonds is 18. The first-order chi connectivity index (χ1) is 17.8. The summed E-state index contributed by atoms with van der Waals surface area (Å²) in [5, 5.41) is 0. The first-order valence-electron chi connectivity index (χ1n) is 15.5. The first kappa shape index (κ1) is 28.7. The van der Waals surface area contributed by atoms with Gasteiger partial charge in [-0.05, 0) is 48.8 Å². The highest BCUT2D eigenvalue weighted by molar-refractivity contribution is 5.59. The van der Waals surface area contributed by atoms with Crippen LogP contribution in [0.5, 0.6) is 5.75 Å². The second kappa shape index (κ2) is 17.6. The van der Waals surface area contributed by atoms with E-state index in [4.69, 9.17) is 4.74 Å². The first-order valence-corrected chi connectivity index (χ1v) is 15.5. The van der Waals surface area contributed by atoms with E-state index in [2.05, 4.69) is 55.2 Å². The molecule has 1 aromatic carbocycles. The van der Waals surface area contributed by atoms with E-state index >= 15 is 0 Å². The number of aromatic nitrogens is 1. The molecular formula is C34H53NO. The fourth-order valence-corrected chi connectivity index (χ4v) is 5.77. The average Bonchev–Trinajstić information content (AvgIpc) is 2.93. The van der Waals surface area contributed by atoms with Gasteiger partial charge in [-0.1, -0.05) is 134 Å². The Hall–Kier alpha value is -1.83. The van der Waals surface area contributed by atoms with Crippen molar-refractivity contribution in [3.63, 3.8) is 0 Å². The molecule has 0 bridgehead atoms. The quantitative estimate of drug-likeness (QED) is 0.193. The second-order valence-corrected chi connectivity index (χ2v) is 11.3. The molecule has 36 heavy (non-hydrogen) atoms. The molecule has 0 N–H and O–H groups in total. The van der Waals surface area contributed by atoms with Crippen molar-refractivity contribution < 1.29 is 4.74 Å². The van der Waals surface area contributed by atoms with Crippen LogP contribution < -0.4 is 4.74 Å². The van der Waals surface area contributed by atoms with Gasteiger partial charge in [-0.15, -0.1) is 0 Å². The third-order valence-corrected chi connectivity index (χ3v) is 8.28. The summed E-state index contributed by atoms with van der Waals surface area (Å²) in [7, 11) is 0. The molecule has 0 amide bonds. The number of benzene rings is 1. The van der Waals surface area contributed by atoms with E-state index in [1.807, 2.05) is 6.20 Å². The van der Waals surface area contributed by atoms with Crippen LogP contribution in [0, 0.1) is 11.8 Å². The fraction of sp³-hybridized carbons (Fsp3) is 0.676. The van der Waals surface area contributed by atoms with Gasteiger partial charge < -0.3 is 4.74 Å². The molecule has 1 fully saturated rings. The van der Waals surface area contributed by atoms with Crippen molar-refractivity contribution in [2.45, 2.75) is 129 Å². The zero-order chi connectivity index (χ0) is 25.3. The van der Waals surface area contributed by atoms with E-state index in [1.54, 1.807) is 0 Å². The standard InChI is InChI=1S/C34H53NO/c1-3-5-7-9-11-13-27-36-33-25-26-34(35-28-33)32-23-21-31(22-24-32)20-19-30-17-15-29(16-18-30)14-12-10-8-6-4-2/h21-26,28-30H,3-20,27H2,1-2H3.